The van der Waals surface area contributed by atoms with Crippen LogP contribution in [0.15, 0.2) is 35.6 Å². The van der Waals surface area contributed by atoms with Crippen LogP contribution < -0.4 is 0 Å². The molecule has 106 valence electrons. The van der Waals surface area contributed by atoms with Gasteiger partial charge >= 0.3 is 0 Å². The zero-order valence-electron chi connectivity index (χ0n) is 10.8. The zero-order chi connectivity index (χ0) is 15.0. The third-order valence-corrected chi connectivity index (χ3v) is 4.39. The van der Waals surface area contributed by atoms with E-state index in [1.165, 1.54) is 11.8 Å². The lowest BCUT2D eigenvalue weighted by Crippen LogP contribution is -1.93. The van der Waals surface area contributed by atoms with Crippen molar-refractivity contribution >= 4 is 57.6 Å². The van der Waals surface area contributed by atoms with Crippen molar-refractivity contribution < 1.29 is 0 Å². The Morgan fingerprint density at radius 2 is 1.76 bits per heavy atom. The molecule has 0 N–H and O–H groups in total. The van der Waals surface area contributed by atoms with Gasteiger partial charge in [-0.1, -0.05) is 52.6 Å². The van der Waals surface area contributed by atoms with Crippen LogP contribution in [-0.2, 0) is 0 Å². The van der Waals surface area contributed by atoms with Gasteiger partial charge in [-0.25, -0.2) is 15.0 Å². The first-order valence-corrected chi connectivity index (χ1v) is 8.27. The number of benzene rings is 1. The number of hydrogen-bond acceptors (Lipinski definition) is 4. The van der Waals surface area contributed by atoms with E-state index < -0.39 is 0 Å². The van der Waals surface area contributed by atoms with Crippen molar-refractivity contribution in [3.63, 3.8) is 0 Å². The smallest absolute Gasteiger partial charge is 0.189 e. The Kier molecular flexibility index (Phi) is 4.22. The summed E-state index contributed by atoms with van der Waals surface area (Å²) in [5.74, 6) is 0. The first-order chi connectivity index (χ1) is 10.1. The maximum absolute atomic E-state index is 6.28. The number of hydrogen-bond donors (Lipinski definition) is 0. The summed E-state index contributed by atoms with van der Waals surface area (Å²) in [5.41, 5.74) is 1.88. The fourth-order valence-corrected chi connectivity index (χ4v) is 3.12. The first kappa shape index (κ1) is 14.9. The summed E-state index contributed by atoms with van der Waals surface area (Å²) in [4.78, 5) is 12.9. The van der Waals surface area contributed by atoms with Crippen LogP contribution in [0.25, 0.3) is 22.2 Å². The number of fused-ring (bicyclic) bond motifs is 1. The molecule has 0 amide bonds. The molecular formula is C14H8Cl3N3S. The molecule has 0 saturated heterocycles. The van der Waals surface area contributed by atoms with Crippen LogP contribution in [0.1, 0.15) is 0 Å². The second kappa shape index (κ2) is 5.97. The minimum atomic E-state index is 0.309. The number of rotatable bonds is 2. The summed E-state index contributed by atoms with van der Waals surface area (Å²) in [6, 6.07) is 7.15. The van der Waals surface area contributed by atoms with Gasteiger partial charge in [-0.05, 0) is 24.5 Å². The Morgan fingerprint density at radius 3 is 2.43 bits per heavy atom. The van der Waals surface area contributed by atoms with Crippen LogP contribution in [0.2, 0.25) is 15.2 Å². The highest BCUT2D eigenvalue weighted by Gasteiger charge is 2.14. The minimum Gasteiger partial charge on any atom is -0.230 e. The van der Waals surface area contributed by atoms with Gasteiger partial charge in [0.05, 0.1) is 10.0 Å². The first-order valence-electron chi connectivity index (χ1n) is 5.92. The molecule has 1 aromatic carbocycles. The molecule has 0 bridgehead atoms. The van der Waals surface area contributed by atoms with Gasteiger partial charge in [0.1, 0.15) is 5.15 Å². The van der Waals surface area contributed by atoms with Crippen molar-refractivity contribution in [1.29, 1.82) is 0 Å². The van der Waals surface area contributed by atoms with Crippen molar-refractivity contribution in [2.45, 2.75) is 5.16 Å². The standard InChI is InChI=1S/C14H8Cl3N3S/c1-21-14-18-6-7-5-8(12(17)19-13(7)20-14)11-9(15)3-2-4-10(11)16/h2-6H,1H3. The molecule has 0 aliphatic rings. The van der Waals surface area contributed by atoms with Crippen molar-refractivity contribution in [3.8, 4) is 11.1 Å². The Bertz CT molecular complexity index is 819. The highest BCUT2D eigenvalue weighted by atomic mass is 35.5. The number of halogens is 3. The largest absolute Gasteiger partial charge is 0.230 e. The molecule has 2 heterocycles. The monoisotopic (exact) mass is 355 g/mol. The van der Waals surface area contributed by atoms with Gasteiger partial charge in [-0.3, -0.25) is 0 Å². The number of thioether (sulfide) groups is 1. The van der Waals surface area contributed by atoms with Gasteiger partial charge in [0.25, 0.3) is 0 Å². The van der Waals surface area contributed by atoms with E-state index in [0.29, 0.717) is 37.1 Å². The molecule has 3 nitrogen and oxygen atoms in total. The van der Waals surface area contributed by atoms with Gasteiger partial charge < -0.3 is 0 Å². The minimum absolute atomic E-state index is 0.309. The summed E-state index contributed by atoms with van der Waals surface area (Å²) < 4.78 is 0. The summed E-state index contributed by atoms with van der Waals surface area (Å²) in [5, 5.41) is 2.78. The van der Waals surface area contributed by atoms with Crippen LogP contribution in [0, 0.1) is 0 Å². The Morgan fingerprint density at radius 1 is 1.05 bits per heavy atom. The van der Waals surface area contributed by atoms with Gasteiger partial charge in [0.2, 0.25) is 0 Å². The van der Waals surface area contributed by atoms with E-state index in [4.69, 9.17) is 34.8 Å². The lowest BCUT2D eigenvalue weighted by molar-refractivity contribution is 0.992. The van der Waals surface area contributed by atoms with E-state index in [-0.39, 0.29) is 0 Å². The molecule has 0 aliphatic heterocycles. The van der Waals surface area contributed by atoms with E-state index in [0.717, 1.165) is 5.39 Å². The Labute approximate surface area is 140 Å². The average Bonchev–Trinajstić information content (AvgIpc) is 2.47. The molecule has 7 heteroatoms. The number of nitrogens with zero attached hydrogens (tertiary/aromatic N) is 3. The normalized spacial score (nSPS) is 11.0. The van der Waals surface area contributed by atoms with E-state index >= 15 is 0 Å². The summed E-state index contributed by atoms with van der Waals surface area (Å²) in [6.07, 6.45) is 3.62. The maximum atomic E-state index is 6.28. The molecule has 0 unspecified atom stereocenters. The van der Waals surface area contributed by atoms with Gasteiger partial charge in [-0.15, -0.1) is 0 Å². The highest BCUT2D eigenvalue weighted by Crippen LogP contribution is 2.38. The SMILES string of the molecule is CSc1ncc2cc(-c3c(Cl)cccc3Cl)c(Cl)nc2n1. The average molecular weight is 357 g/mol. The van der Waals surface area contributed by atoms with E-state index in [2.05, 4.69) is 15.0 Å². The third-order valence-electron chi connectivity index (χ3n) is 2.91. The predicted molar refractivity (Wildman–Crippen MR) is 89.6 cm³/mol. The van der Waals surface area contributed by atoms with Crippen molar-refractivity contribution in [3.05, 3.63) is 45.7 Å². The second-order valence-electron chi connectivity index (χ2n) is 4.19. The maximum Gasteiger partial charge on any atom is 0.189 e. The topological polar surface area (TPSA) is 38.7 Å². The van der Waals surface area contributed by atoms with Crippen LogP contribution >= 0.6 is 46.6 Å². The zero-order valence-corrected chi connectivity index (χ0v) is 13.9. The fraction of sp³-hybridized carbons (Fsp3) is 0.0714. The lowest BCUT2D eigenvalue weighted by atomic mass is 10.1. The van der Waals surface area contributed by atoms with Crippen LogP contribution in [-0.4, -0.2) is 21.2 Å². The molecule has 0 spiro atoms. The molecule has 0 saturated carbocycles. The van der Waals surface area contributed by atoms with Crippen LogP contribution in [0.3, 0.4) is 0 Å². The molecule has 3 aromatic rings. The van der Waals surface area contributed by atoms with E-state index in [9.17, 15) is 0 Å². The van der Waals surface area contributed by atoms with E-state index in [1.807, 2.05) is 12.3 Å². The third kappa shape index (κ3) is 2.81. The summed E-state index contributed by atoms with van der Waals surface area (Å²) in [6.45, 7) is 0. The Balaban J connectivity index is 2.27. The van der Waals surface area contributed by atoms with Gasteiger partial charge in [0, 0.05) is 22.7 Å². The molecule has 0 aliphatic carbocycles. The predicted octanol–water partition coefficient (Wildman–Crippen LogP) is 5.37. The summed E-state index contributed by atoms with van der Waals surface area (Å²) in [7, 11) is 0. The molecule has 2 aromatic heterocycles. The summed E-state index contributed by atoms with van der Waals surface area (Å²) >= 11 is 20.2. The lowest BCUT2D eigenvalue weighted by Gasteiger charge is -2.10. The van der Waals surface area contributed by atoms with Crippen LogP contribution in [0.5, 0.6) is 0 Å². The number of aromatic nitrogens is 3. The molecule has 0 radical (unpaired) electrons. The van der Waals surface area contributed by atoms with E-state index in [1.54, 1.807) is 24.4 Å². The van der Waals surface area contributed by atoms with Crippen molar-refractivity contribution in [2.24, 2.45) is 0 Å². The molecular weight excluding hydrogens is 349 g/mol. The van der Waals surface area contributed by atoms with Gasteiger partial charge in [0.15, 0.2) is 10.8 Å². The molecule has 0 atom stereocenters. The molecule has 21 heavy (non-hydrogen) atoms. The van der Waals surface area contributed by atoms with Crippen molar-refractivity contribution in [1.82, 2.24) is 15.0 Å². The second-order valence-corrected chi connectivity index (χ2v) is 6.14. The highest BCUT2D eigenvalue weighted by molar-refractivity contribution is 7.98. The molecule has 0 fully saturated rings. The molecule has 3 rings (SSSR count). The Hall–Kier alpha value is -1.07. The van der Waals surface area contributed by atoms with Gasteiger partial charge in [-0.2, -0.15) is 0 Å². The van der Waals surface area contributed by atoms with Crippen LogP contribution in [0.4, 0.5) is 0 Å². The fourth-order valence-electron chi connectivity index (χ4n) is 1.95. The number of pyridine rings is 1. The quantitative estimate of drug-likeness (QED) is 0.351. The van der Waals surface area contributed by atoms with Crippen molar-refractivity contribution in [2.75, 3.05) is 6.26 Å².